The molecular weight excluding hydrogens is 446 g/mol. The van der Waals surface area contributed by atoms with Crippen LogP contribution in [0.3, 0.4) is 0 Å². The molecule has 1 amide bonds. The fourth-order valence-electron chi connectivity index (χ4n) is 4.50. The van der Waals surface area contributed by atoms with E-state index in [0.29, 0.717) is 24.6 Å². The number of carbonyl (C=O) groups excluding carboxylic acids is 1. The smallest absolute Gasteiger partial charge is 0.234 e. The molecular formula is C27H27N3O3S. The second-order valence-corrected chi connectivity index (χ2v) is 9.22. The molecule has 1 aliphatic rings. The molecule has 0 aliphatic carbocycles. The number of rotatable bonds is 6. The van der Waals surface area contributed by atoms with Gasteiger partial charge in [0.05, 0.1) is 24.8 Å². The minimum Gasteiger partial charge on any atom is -0.493 e. The number of piperazine rings is 1. The zero-order valence-corrected chi connectivity index (χ0v) is 20.1. The average molecular weight is 474 g/mol. The van der Waals surface area contributed by atoms with Crippen molar-refractivity contribution in [2.75, 3.05) is 45.3 Å². The van der Waals surface area contributed by atoms with Crippen LogP contribution in [0.25, 0.3) is 10.2 Å². The quantitative estimate of drug-likeness (QED) is 0.403. The molecule has 1 aromatic heterocycles. The molecule has 2 heterocycles. The molecule has 0 atom stereocenters. The minimum absolute atomic E-state index is 0.146. The third-order valence-electron chi connectivity index (χ3n) is 6.27. The van der Waals surface area contributed by atoms with Gasteiger partial charge in [-0.25, -0.2) is 4.98 Å². The Morgan fingerprint density at radius 1 is 0.853 bits per heavy atom. The number of aromatic nitrogens is 1. The Kier molecular flexibility index (Phi) is 6.36. The number of fused-ring (bicyclic) bond motifs is 1. The third kappa shape index (κ3) is 4.19. The first-order valence-electron chi connectivity index (χ1n) is 11.3. The monoisotopic (exact) mass is 473 g/mol. The summed E-state index contributed by atoms with van der Waals surface area (Å²) in [5.41, 5.74) is 2.86. The normalized spacial score (nSPS) is 14.0. The summed E-state index contributed by atoms with van der Waals surface area (Å²) in [7, 11) is 3.27. The van der Waals surface area contributed by atoms with Gasteiger partial charge >= 0.3 is 0 Å². The lowest BCUT2D eigenvalue weighted by atomic mass is 9.90. The number of hydrogen-bond donors (Lipinski definition) is 0. The number of carbonyl (C=O) groups is 1. The summed E-state index contributed by atoms with van der Waals surface area (Å²) in [4.78, 5) is 22.8. The van der Waals surface area contributed by atoms with E-state index in [2.05, 4.69) is 4.90 Å². The zero-order chi connectivity index (χ0) is 23.5. The van der Waals surface area contributed by atoms with Crippen LogP contribution in [0, 0.1) is 0 Å². The van der Waals surface area contributed by atoms with E-state index in [1.54, 1.807) is 25.6 Å². The Hall–Kier alpha value is -3.58. The highest BCUT2D eigenvalue weighted by Crippen LogP contribution is 2.40. The van der Waals surface area contributed by atoms with Crippen LogP contribution < -0.4 is 14.4 Å². The van der Waals surface area contributed by atoms with E-state index in [4.69, 9.17) is 14.5 Å². The maximum atomic E-state index is 13.7. The van der Waals surface area contributed by atoms with Crippen LogP contribution in [0.5, 0.6) is 11.5 Å². The first kappa shape index (κ1) is 22.2. The molecule has 1 aliphatic heterocycles. The Morgan fingerprint density at radius 2 is 1.47 bits per heavy atom. The van der Waals surface area contributed by atoms with Crippen LogP contribution in [0.15, 0.2) is 72.8 Å². The highest BCUT2D eigenvalue weighted by molar-refractivity contribution is 7.22. The van der Waals surface area contributed by atoms with Crippen molar-refractivity contribution in [2.45, 2.75) is 5.92 Å². The fourth-order valence-corrected chi connectivity index (χ4v) is 5.52. The first-order valence-corrected chi connectivity index (χ1v) is 12.2. The number of anilines is 1. The Balaban J connectivity index is 1.35. The summed E-state index contributed by atoms with van der Waals surface area (Å²) in [6, 6.07) is 24.0. The minimum atomic E-state index is -0.298. The lowest BCUT2D eigenvalue weighted by molar-refractivity contribution is -0.132. The molecule has 1 fully saturated rings. The number of methoxy groups -OCH3 is 2. The van der Waals surface area contributed by atoms with E-state index in [0.717, 1.165) is 39.6 Å². The molecule has 174 valence electrons. The van der Waals surface area contributed by atoms with E-state index in [1.807, 2.05) is 77.7 Å². The van der Waals surface area contributed by atoms with E-state index >= 15 is 0 Å². The van der Waals surface area contributed by atoms with Crippen LogP contribution in [0.4, 0.5) is 5.13 Å². The van der Waals surface area contributed by atoms with Gasteiger partial charge in [0.1, 0.15) is 5.52 Å². The molecule has 7 heteroatoms. The molecule has 4 aromatic rings. The van der Waals surface area contributed by atoms with Crippen LogP contribution in [0.1, 0.15) is 17.0 Å². The molecule has 0 saturated carbocycles. The maximum Gasteiger partial charge on any atom is 0.234 e. The highest BCUT2D eigenvalue weighted by atomic mass is 32.1. The van der Waals surface area contributed by atoms with E-state index in [-0.39, 0.29) is 11.8 Å². The Bertz CT molecular complexity index is 1230. The summed E-state index contributed by atoms with van der Waals surface area (Å²) in [6.07, 6.45) is 0. The van der Waals surface area contributed by atoms with E-state index in [1.165, 1.54) is 0 Å². The number of thiazole rings is 1. The number of benzene rings is 3. The van der Waals surface area contributed by atoms with Gasteiger partial charge in [-0.1, -0.05) is 72.0 Å². The molecule has 5 rings (SSSR count). The third-order valence-corrected chi connectivity index (χ3v) is 7.35. The second-order valence-electron chi connectivity index (χ2n) is 8.21. The maximum absolute atomic E-state index is 13.7. The lowest BCUT2D eigenvalue weighted by Gasteiger charge is -2.36. The molecule has 34 heavy (non-hydrogen) atoms. The fraction of sp³-hybridized carbons (Fsp3) is 0.259. The number of hydrogen-bond acceptors (Lipinski definition) is 6. The predicted octanol–water partition coefficient (Wildman–Crippen LogP) is 4.79. The molecule has 6 nitrogen and oxygen atoms in total. The van der Waals surface area contributed by atoms with Crippen molar-refractivity contribution in [1.29, 1.82) is 0 Å². The SMILES string of the molecule is COc1ccc2sc(N3CCN(C(=O)C(c4ccccc4)c4ccccc4)CC3)nc2c1OC. The van der Waals surface area contributed by atoms with Crippen molar-refractivity contribution in [3.05, 3.63) is 83.9 Å². The molecule has 1 saturated heterocycles. The van der Waals surface area contributed by atoms with Crippen molar-refractivity contribution < 1.29 is 14.3 Å². The Morgan fingerprint density at radius 3 is 2.03 bits per heavy atom. The van der Waals surface area contributed by atoms with Crippen molar-refractivity contribution in [2.24, 2.45) is 0 Å². The van der Waals surface area contributed by atoms with Crippen molar-refractivity contribution in [1.82, 2.24) is 9.88 Å². The predicted molar refractivity (Wildman–Crippen MR) is 136 cm³/mol. The molecule has 0 spiro atoms. The van der Waals surface area contributed by atoms with E-state index < -0.39 is 0 Å². The van der Waals surface area contributed by atoms with Crippen LogP contribution in [-0.4, -0.2) is 56.2 Å². The van der Waals surface area contributed by atoms with Crippen molar-refractivity contribution in [3.63, 3.8) is 0 Å². The number of ether oxygens (including phenoxy) is 2. The summed E-state index contributed by atoms with van der Waals surface area (Å²) >= 11 is 1.64. The molecule has 0 radical (unpaired) electrons. The number of nitrogens with zero attached hydrogens (tertiary/aromatic N) is 3. The lowest BCUT2D eigenvalue weighted by Crippen LogP contribution is -2.50. The van der Waals surface area contributed by atoms with Gasteiger partial charge in [0.25, 0.3) is 0 Å². The van der Waals surface area contributed by atoms with Gasteiger partial charge in [0, 0.05) is 26.2 Å². The van der Waals surface area contributed by atoms with Crippen LogP contribution in [0.2, 0.25) is 0 Å². The standard InChI is InChI=1S/C27H27N3O3S/c1-32-21-13-14-22-24(25(21)33-2)28-27(34-22)30-17-15-29(16-18-30)26(31)23(19-9-5-3-6-10-19)20-11-7-4-8-12-20/h3-14,23H,15-18H2,1-2H3. The number of amides is 1. The van der Waals surface area contributed by atoms with Gasteiger partial charge < -0.3 is 19.3 Å². The highest BCUT2D eigenvalue weighted by Gasteiger charge is 2.30. The Labute approximate surface area is 203 Å². The molecule has 0 unspecified atom stereocenters. The topological polar surface area (TPSA) is 54.9 Å². The second kappa shape index (κ2) is 9.73. The van der Waals surface area contributed by atoms with Crippen molar-refractivity contribution in [3.8, 4) is 11.5 Å². The molecule has 3 aromatic carbocycles. The zero-order valence-electron chi connectivity index (χ0n) is 19.3. The van der Waals surface area contributed by atoms with Gasteiger partial charge in [-0.3, -0.25) is 4.79 Å². The van der Waals surface area contributed by atoms with Crippen LogP contribution in [-0.2, 0) is 4.79 Å². The molecule has 0 bridgehead atoms. The average Bonchev–Trinajstić information content (AvgIpc) is 3.34. The molecule has 0 N–H and O–H groups in total. The first-order chi connectivity index (χ1) is 16.7. The van der Waals surface area contributed by atoms with Gasteiger partial charge in [-0.05, 0) is 23.3 Å². The largest absolute Gasteiger partial charge is 0.493 e. The summed E-state index contributed by atoms with van der Waals surface area (Å²) in [6.45, 7) is 2.79. The summed E-state index contributed by atoms with van der Waals surface area (Å²) < 4.78 is 12.0. The van der Waals surface area contributed by atoms with Gasteiger partial charge in [0.2, 0.25) is 5.91 Å². The van der Waals surface area contributed by atoms with Gasteiger partial charge in [-0.2, -0.15) is 0 Å². The van der Waals surface area contributed by atoms with Crippen molar-refractivity contribution >= 4 is 32.6 Å². The summed E-state index contributed by atoms with van der Waals surface area (Å²) in [5.74, 6) is 1.18. The van der Waals surface area contributed by atoms with Crippen LogP contribution >= 0.6 is 11.3 Å². The van der Waals surface area contributed by atoms with Gasteiger partial charge in [0.15, 0.2) is 16.6 Å². The van der Waals surface area contributed by atoms with Gasteiger partial charge in [-0.15, -0.1) is 0 Å². The van der Waals surface area contributed by atoms with E-state index in [9.17, 15) is 4.79 Å². The summed E-state index contributed by atoms with van der Waals surface area (Å²) in [5, 5.41) is 0.941.